The molecular weight excluding hydrogens is 352 g/mol. The summed E-state index contributed by atoms with van der Waals surface area (Å²) in [5, 5.41) is 10.2. The lowest BCUT2D eigenvalue weighted by Crippen LogP contribution is -2.67. The topological polar surface area (TPSA) is 60.9 Å². The van der Waals surface area contributed by atoms with Gasteiger partial charge in [0.05, 0.1) is 0 Å². The minimum Gasteiger partial charge on any atom is -0.508 e. The van der Waals surface area contributed by atoms with Crippen molar-refractivity contribution in [3.05, 3.63) is 29.3 Å². The van der Waals surface area contributed by atoms with Crippen LogP contribution in [0.5, 0.6) is 5.75 Å². The zero-order chi connectivity index (χ0) is 19.6. The van der Waals surface area contributed by atoms with E-state index in [0.29, 0.717) is 19.0 Å². The van der Waals surface area contributed by atoms with E-state index in [1.165, 1.54) is 23.3 Å². The zero-order valence-corrected chi connectivity index (χ0v) is 16.9. The molecule has 2 bridgehead atoms. The van der Waals surface area contributed by atoms with Crippen LogP contribution in [0.15, 0.2) is 18.2 Å². The number of fused-ring (bicyclic) bond motifs is 1. The van der Waals surface area contributed by atoms with E-state index in [0.717, 1.165) is 37.4 Å². The van der Waals surface area contributed by atoms with Crippen LogP contribution in [-0.4, -0.2) is 52.4 Å². The predicted octanol–water partition coefficient (Wildman–Crippen LogP) is 2.70. The largest absolute Gasteiger partial charge is 0.508 e. The van der Waals surface area contributed by atoms with Gasteiger partial charge in [-0.05, 0) is 61.4 Å². The fraction of sp³-hybridized carbons (Fsp3) is 0.652. The maximum atomic E-state index is 13.1. The third-order valence-corrected chi connectivity index (χ3v) is 7.64. The molecule has 0 aromatic heterocycles. The molecule has 0 radical (unpaired) electrons. The fourth-order valence-corrected chi connectivity index (χ4v) is 6.01. The van der Waals surface area contributed by atoms with Crippen LogP contribution >= 0.6 is 0 Å². The van der Waals surface area contributed by atoms with Gasteiger partial charge in [0, 0.05) is 42.8 Å². The summed E-state index contributed by atoms with van der Waals surface area (Å²) in [6.45, 7) is 6.43. The van der Waals surface area contributed by atoms with Crippen molar-refractivity contribution in [3.63, 3.8) is 0 Å². The number of imide groups is 1. The summed E-state index contributed by atoms with van der Waals surface area (Å²) in [5.74, 6) is 1.11. The molecule has 5 heteroatoms. The minimum absolute atomic E-state index is 0.0412. The number of benzene rings is 1. The van der Waals surface area contributed by atoms with Gasteiger partial charge in [-0.3, -0.25) is 19.4 Å². The molecule has 150 valence electrons. The highest BCUT2D eigenvalue weighted by Crippen LogP contribution is 2.54. The summed E-state index contributed by atoms with van der Waals surface area (Å²) >= 11 is 0. The van der Waals surface area contributed by atoms with Crippen molar-refractivity contribution in [3.8, 4) is 5.75 Å². The molecule has 5 rings (SSSR count). The number of hydrogen-bond acceptors (Lipinski definition) is 4. The van der Waals surface area contributed by atoms with Crippen molar-refractivity contribution in [2.45, 2.75) is 57.4 Å². The van der Waals surface area contributed by atoms with Crippen LogP contribution in [-0.2, 0) is 21.4 Å². The highest BCUT2D eigenvalue weighted by Gasteiger charge is 2.58. The molecule has 5 nitrogen and oxygen atoms in total. The number of aromatic hydroxyl groups is 1. The first-order valence-electron chi connectivity index (χ1n) is 10.8. The van der Waals surface area contributed by atoms with Gasteiger partial charge in [-0.2, -0.15) is 0 Å². The first-order chi connectivity index (χ1) is 13.4. The molecule has 3 fully saturated rings. The third-order valence-electron chi connectivity index (χ3n) is 7.64. The number of carbonyl (C=O) groups excluding carboxylic acids is 2. The quantitative estimate of drug-likeness (QED) is 0.873. The SMILES string of the molecule is CC(C)C(=O)N1C[C@H]2[C@H]3Cc4ccc(O)cc4[C@@]2(CCN3CC2CC2)CC1=O. The van der Waals surface area contributed by atoms with E-state index in [-0.39, 0.29) is 34.8 Å². The Balaban J connectivity index is 1.57. The number of carbonyl (C=O) groups is 2. The van der Waals surface area contributed by atoms with Gasteiger partial charge in [0.1, 0.15) is 5.75 Å². The third kappa shape index (κ3) is 2.70. The molecule has 2 aliphatic carbocycles. The van der Waals surface area contributed by atoms with Crippen molar-refractivity contribution in [2.24, 2.45) is 17.8 Å². The Bertz CT molecular complexity index is 831. The number of amides is 2. The van der Waals surface area contributed by atoms with Crippen LogP contribution in [0.1, 0.15) is 50.7 Å². The Kier molecular flexibility index (Phi) is 4.10. The Morgan fingerprint density at radius 2 is 2.11 bits per heavy atom. The van der Waals surface area contributed by atoms with Crippen molar-refractivity contribution < 1.29 is 14.7 Å². The zero-order valence-electron chi connectivity index (χ0n) is 16.9. The molecule has 2 aliphatic heterocycles. The predicted molar refractivity (Wildman–Crippen MR) is 106 cm³/mol. The number of hydrogen-bond donors (Lipinski definition) is 1. The molecule has 2 amide bonds. The lowest BCUT2D eigenvalue weighted by atomic mass is 9.54. The molecule has 4 aliphatic rings. The van der Waals surface area contributed by atoms with E-state index in [2.05, 4.69) is 4.90 Å². The van der Waals surface area contributed by atoms with Crippen molar-refractivity contribution in [1.82, 2.24) is 9.80 Å². The molecule has 0 unspecified atom stereocenters. The summed E-state index contributed by atoms with van der Waals surface area (Å²) in [6.07, 6.45) is 4.94. The average Bonchev–Trinajstić information content (AvgIpc) is 3.47. The van der Waals surface area contributed by atoms with E-state index in [1.54, 1.807) is 6.07 Å². The van der Waals surface area contributed by atoms with Crippen LogP contribution < -0.4 is 0 Å². The maximum absolute atomic E-state index is 13.1. The molecule has 28 heavy (non-hydrogen) atoms. The minimum atomic E-state index is -0.234. The van der Waals surface area contributed by atoms with Gasteiger partial charge in [-0.15, -0.1) is 0 Å². The highest BCUT2D eigenvalue weighted by molar-refractivity contribution is 5.97. The summed E-state index contributed by atoms with van der Waals surface area (Å²) in [6, 6.07) is 6.09. The Labute approximate surface area is 166 Å². The van der Waals surface area contributed by atoms with Crippen molar-refractivity contribution in [1.29, 1.82) is 0 Å². The monoisotopic (exact) mass is 382 g/mol. The van der Waals surface area contributed by atoms with Crippen molar-refractivity contribution >= 4 is 11.8 Å². The van der Waals surface area contributed by atoms with E-state index >= 15 is 0 Å². The molecule has 3 atom stereocenters. The van der Waals surface area contributed by atoms with Gasteiger partial charge < -0.3 is 5.11 Å². The molecule has 1 N–H and O–H groups in total. The second-order valence-electron chi connectivity index (χ2n) is 9.74. The van der Waals surface area contributed by atoms with Gasteiger partial charge >= 0.3 is 0 Å². The Morgan fingerprint density at radius 1 is 1.32 bits per heavy atom. The molecule has 1 aromatic carbocycles. The Hall–Kier alpha value is -1.88. The standard InChI is InChI=1S/C23H30N2O3/c1-14(2)22(28)25-13-19-20-9-16-5-6-17(26)10-18(16)23(19,11-21(25)27)7-8-24(20)12-15-3-4-15/h5-6,10,14-15,19-20,26H,3-4,7-9,11-13H2,1-2H3/t19-,20+,23+/m0/s1. The molecule has 1 aromatic rings. The van der Waals surface area contributed by atoms with Crippen LogP contribution in [0.2, 0.25) is 0 Å². The van der Waals surface area contributed by atoms with Gasteiger partial charge in [-0.1, -0.05) is 19.9 Å². The van der Waals surface area contributed by atoms with Crippen LogP contribution in [0, 0.1) is 17.8 Å². The van der Waals surface area contributed by atoms with Crippen LogP contribution in [0.4, 0.5) is 0 Å². The first kappa shape index (κ1) is 18.2. The highest BCUT2D eigenvalue weighted by atomic mass is 16.3. The number of phenols is 1. The number of nitrogens with zero attached hydrogens (tertiary/aromatic N) is 2. The van der Waals surface area contributed by atoms with E-state index in [1.807, 2.05) is 26.0 Å². The van der Waals surface area contributed by atoms with Gasteiger partial charge in [0.25, 0.3) is 0 Å². The fourth-order valence-electron chi connectivity index (χ4n) is 6.01. The normalized spacial score (nSPS) is 32.2. The number of likely N-dealkylation sites (tertiary alicyclic amines) is 2. The summed E-state index contributed by atoms with van der Waals surface area (Å²) in [4.78, 5) is 30.0. The van der Waals surface area contributed by atoms with E-state index in [4.69, 9.17) is 0 Å². The van der Waals surface area contributed by atoms with E-state index in [9.17, 15) is 14.7 Å². The number of phenolic OH excluding ortho intramolecular Hbond substituents is 1. The second kappa shape index (κ2) is 6.31. The molecule has 1 saturated carbocycles. The summed E-state index contributed by atoms with van der Waals surface area (Å²) in [5.41, 5.74) is 2.20. The van der Waals surface area contributed by atoms with Crippen LogP contribution in [0.3, 0.4) is 0 Å². The number of piperidine rings is 2. The van der Waals surface area contributed by atoms with E-state index < -0.39 is 0 Å². The summed E-state index contributed by atoms with van der Waals surface area (Å²) in [7, 11) is 0. The smallest absolute Gasteiger partial charge is 0.231 e. The van der Waals surface area contributed by atoms with Gasteiger partial charge in [0.2, 0.25) is 11.8 Å². The molecule has 2 saturated heterocycles. The molecule has 0 spiro atoms. The maximum Gasteiger partial charge on any atom is 0.231 e. The molecule has 2 heterocycles. The Morgan fingerprint density at radius 3 is 2.82 bits per heavy atom. The van der Waals surface area contributed by atoms with Gasteiger partial charge in [-0.25, -0.2) is 0 Å². The van der Waals surface area contributed by atoms with Gasteiger partial charge in [0.15, 0.2) is 0 Å². The summed E-state index contributed by atoms with van der Waals surface area (Å²) < 4.78 is 0. The first-order valence-corrected chi connectivity index (χ1v) is 10.8. The van der Waals surface area contributed by atoms with Crippen molar-refractivity contribution in [2.75, 3.05) is 19.6 Å². The lowest BCUT2D eigenvalue weighted by Gasteiger charge is -2.60. The molecular formula is C23H30N2O3. The van der Waals surface area contributed by atoms with Crippen LogP contribution in [0.25, 0.3) is 0 Å². The second-order valence-corrected chi connectivity index (χ2v) is 9.74. The lowest BCUT2D eigenvalue weighted by molar-refractivity contribution is -0.157. The average molecular weight is 383 g/mol. The number of rotatable bonds is 3.